The van der Waals surface area contributed by atoms with E-state index < -0.39 is 23.8 Å². The normalized spacial score (nSPS) is 16.6. The summed E-state index contributed by atoms with van der Waals surface area (Å²) in [4.78, 5) is 23.8. The monoisotopic (exact) mass is 309 g/mol. The third-order valence-electron chi connectivity index (χ3n) is 3.43. The van der Waals surface area contributed by atoms with Crippen molar-refractivity contribution in [2.24, 2.45) is 0 Å². The number of hydrogen-bond acceptors (Lipinski definition) is 3. The minimum atomic E-state index is -0.778. The Morgan fingerprint density at radius 2 is 1.95 bits per heavy atom. The van der Waals surface area contributed by atoms with Gasteiger partial charge in [-0.05, 0) is 31.9 Å². The second-order valence-electron chi connectivity index (χ2n) is 5.20. The molecule has 0 radical (unpaired) electrons. The van der Waals surface area contributed by atoms with Crippen molar-refractivity contribution < 1.29 is 18.7 Å². The molecule has 120 valence electrons. The first kappa shape index (κ1) is 16.2. The van der Waals surface area contributed by atoms with Crippen molar-refractivity contribution in [2.75, 3.05) is 18.5 Å². The molecule has 0 spiro atoms. The van der Waals surface area contributed by atoms with Gasteiger partial charge in [0.1, 0.15) is 11.9 Å². The maximum Gasteiger partial charge on any atom is 0.315 e. The Morgan fingerprint density at radius 1 is 1.27 bits per heavy atom. The minimum Gasteiger partial charge on any atom is -0.381 e. The average Bonchev–Trinajstić information content (AvgIpc) is 2.50. The molecule has 0 bridgehead atoms. The second kappa shape index (κ2) is 7.74. The molecule has 0 saturated carbocycles. The van der Waals surface area contributed by atoms with E-state index in [1.54, 1.807) is 13.0 Å². The average molecular weight is 309 g/mol. The zero-order valence-corrected chi connectivity index (χ0v) is 12.4. The van der Waals surface area contributed by atoms with Gasteiger partial charge in [0.05, 0.1) is 5.69 Å². The number of carbonyl (C=O) groups is 2. The van der Waals surface area contributed by atoms with Gasteiger partial charge in [0.2, 0.25) is 5.91 Å². The molecule has 1 heterocycles. The number of rotatable bonds is 4. The number of anilines is 1. The van der Waals surface area contributed by atoms with Crippen molar-refractivity contribution in [2.45, 2.75) is 31.8 Å². The van der Waals surface area contributed by atoms with Gasteiger partial charge in [-0.3, -0.25) is 4.79 Å². The van der Waals surface area contributed by atoms with E-state index in [0.29, 0.717) is 13.2 Å². The van der Waals surface area contributed by atoms with Crippen LogP contribution in [-0.4, -0.2) is 37.2 Å². The van der Waals surface area contributed by atoms with Crippen molar-refractivity contribution in [3.8, 4) is 0 Å². The smallest absolute Gasteiger partial charge is 0.315 e. The Hall–Kier alpha value is -2.15. The van der Waals surface area contributed by atoms with E-state index in [9.17, 15) is 14.0 Å². The van der Waals surface area contributed by atoms with Crippen molar-refractivity contribution in [1.82, 2.24) is 10.6 Å². The molecular weight excluding hydrogens is 289 g/mol. The maximum absolute atomic E-state index is 13.5. The van der Waals surface area contributed by atoms with Gasteiger partial charge < -0.3 is 20.7 Å². The lowest BCUT2D eigenvalue weighted by atomic mass is 10.1. The summed E-state index contributed by atoms with van der Waals surface area (Å²) in [5.74, 6) is -0.998. The SMILES string of the molecule is CC(NC(=O)NC1CCOCC1)C(=O)Nc1ccccc1F. The molecule has 22 heavy (non-hydrogen) atoms. The molecule has 1 fully saturated rings. The van der Waals surface area contributed by atoms with Gasteiger partial charge in [-0.25, -0.2) is 9.18 Å². The van der Waals surface area contributed by atoms with Crippen LogP contribution in [0.25, 0.3) is 0 Å². The van der Waals surface area contributed by atoms with E-state index in [4.69, 9.17) is 4.74 Å². The number of para-hydroxylation sites is 1. The van der Waals surface area contributed by atoms with Gasteiger partial charge in [0.25, 0.3) is 0 Å². The molecule has 1 atom stereocenters. The molecule has 1 saturated heterocycles. The molecule has 1 aromatic rings. The summed E-state index contributed by atoms with van der Waals surface area (Å²) < 4.78 is 18.7. The predicted molar refractivity (Wildman–Crippen MR) is 80.0 cm³/mol. The third kappa shape index (κ3) is 4.70. The standard InChI is InChI=1S/C15H20FN3O3/c1-10(14(20)19-13-5-3-2-4-12(13)16)17-15(21)18-11-6-8-22-9-7-11/h2-5,10-11H,6-9H2,1H3,(H,19,20)(H2,17,18,21). The van der Waals surface area contributed by atoms with Crippen LogP contribution in [-0.2, 0) is 9.53 Å². The van der Waals surface area contributed by atoms with Crippen LogP contribution in [0.2, 0.25) is 0 Å². The highest BCUT2D eigenvalue weighted by Gasteiger charge is 2.20. The zero-order valence-electron chi connectivity index (χ0n) is 12.4. The van der Waals surface area contributed by atoms with Crippen LogP contribution >= 0.6 is 0 Å². The summed E-state index contributed by atoms with van der Waals surface area (Å²) in [5, 5.41) is 7.78. The highest BCUT2D eigenvalue weighted by atomic mass is 19.1. The van der Waals surface area contributed by atoms with Gasteiger partial charge in [0, 0.05) is 19.3 Å². The summed E-state index contributed by atoms with van der Waals surface area (Å²) in [7, 11) is 0. The van der Waals surface area contributed by atoms with E-state index in [-0.39, 0.29) is 11.7 Å². The van der Waals surface area contributed by atoms with E-state index in [1.165, 1.54) is 18.2 Å². The van der Waals surface area contributed by atoms with Gasteiger partial charge in [-0.15, -0.1) is 0 Å². The Bertz CT molecular complexity index is 533. The fourth-order valence-electron chi connectivity index (χ4n) is 2.13. The molecule has 0 aromatic heterocycles. The second-order valence-corrected chi connectivity index (χ2v) is 5.20. The third-order valence-corrected chi connectivity index (χ3v) is 3.43. The molecule has 7 heteroatoms. The van der Waals surface area contributed by atoms with Crippen LogP contribution in [0.4, 0.5) is 14.9 Å². The lowest BCUT2D eigenvalue weighted by Crippen LogP contribution is -2.50. The lowest BCUT2D eigenvalue weighted by Gasteiger charge is -2.24. The Morgan fingerprint density at radius 3 is 2.64 bits per heavy atom. The Balaban J connectivity index is 1.80. The summed E-state index contributed by atoms with van der Waals surface area (Å²) >= 11 is 0. The number of benzene rings is 1. The first-order chi connectivity index (χ1) is 10.6. The molecule has 1 aromatic carbocycles. The Kier molecular flexibility index (Phi) is 5.71. The highest BCUT2D eigenvalue weighted by Crippen LogP contribution is 2.12. The summed E-state index contributed by atoms with van der Waals surface area (Å²) in [5.41, 5.74) is 0.0889. The van der Waals surface area contributed by atoms with Crippen LogP contribution in [0.5, 0.6) is 0 Å². The predicted octanol–water partition coefficient (Wildman–Crippen LogP) is 1.63. The van der Waals surface area contributed by atoms with E-state index in [2.05, 4.69) is 16.0 Å². The van der Waals surface area contributed by atoms with E-state index >= 15 is 0 Å². The molecule has 3 amide bonds. The minimum absolute atomic E-state index is 0.0515. The quantitative estimate of drug-likeness (QED) is 0.791. The molecule has 2 rings (SSSR count). The highest BCUT2D eigenvalue weighted by molar-refractivity contribution is 5.96. The number of ether oxygens (including phenoxy) is 1. The molecular formula is C15H20FN3O3. The molecule has 6 nitrogen and oxygen atoms in total. The number of nitrogens with one attached hydrogen (secondary N) is 3. The van der Waals surface area contributed by atoms with Crippen LogP contribution in [0.1, 0.15) is 19.8 Å². The molecule has 3 N–H and O–H groups in total. The maximum atomic E-state index is 13.5. The van der Waals surface area contributed by atoms with Gasteiger partial charge in [-0.2, -0.15) is 0 Å². The number of hydrogen-bond donors (Lipinski definition) is 3. The summed E-state index contributed by atoms with van der Waals surface area (Å²) in [6.07, 6.45) is 1.51. The van der Waals surface area contributed by atoms with Crippen LogP contribution in [0.15, 0.2) is 24.3 Å². The van der Waals surface area contributed by atoms with Crippen molar-refractivity contribution in [3.05, 3.63) is 30.1 Å². The summed E-state index contributed by atoms with van der Waals surface area (Å²) in [6, 6.07) is 4.73. The number of urea groups is 1. The lowest BCUT2D eigenvalue weighted by molar-refractivity contribution is -0.117. The Labute approximate surface area is 128 Å². The van der Waals surface area contributed by atoms with E-state index in [1.807, 2.05) is 0 Å². The van der Waals surface area contributed by atoms with Gasteiger partial charge >= 0.3 is 6.03 Å². The first-order valence-electron chi connectivity index (χ1n) is 7.26. The number of amides is 3. The van der Waals surface area contributed by atoms with Crippen LogP contribution in [0, 0.1) is 5.82 Å². The van der Waals surface area contributed by atoms with E-state index in [0.717, 1.165) is 12.8 Å². The van der Waals surface area contributed by atoms with Crippen LogP contribution < -0.4 is 16.0 Å². The fraction of sp³-hybridized carbons (Fsp3) is 0.467. The number of carbonyl (C=O) groups excluding carboxylic acids is 2. The molecule has 1 unspecified atom stereocenters. The molecule has 0 aliphatic carbocycles. The summed E-state index contributed by atoms with van der Waals surface area (Å²) in [6.45, 7) is 2.78. The van der Waals surface area contributed by atoms with Gasteiger partial charge in [-0.1, -0.05) is 12.1 Å². The largest absolute Gasteiger partial charge is 0.381 e. The molecule has 1 aliphatic heterocycles. The molecule has 1 aliphatic rings. The van der Waals surface area contributed by atoms with Gasteiger partial charge in [0.15, 0.2) is 0 Å². The van der Waals surface area contributed by atoms with Crippen molar-refractivity contribution >= 4 is 17.6 Å². The van der Waals surface area contributed by atoms with Crippen LogP contribution in [0.3, 0.4) is 0 Å². The zero-order chi connectivity index (χ0) is 15.9. The number of halogens is 1. The fourth-order valence-corrected chi connectivity index (χ4v) is 2.13. The van der Waals surface area contributed by atoms with Crippen molar-refractivity contribution in [3.63, 3.8) is 0 Å². The first-order valence-corrected chi connectivity index (χ1v) is 7.26. The topological polar surface area (TPSA) is 79.5 Å². The van der Waals surface area contributed by atoms with Crippen molar-refractivity contribution in [1.29, 1.82) is 0 Å².